The normalized spacial score (nSPS) is 16.9. The molecule has 35 heavy (non-hydrogen) atoms. The molecule has 0 aliphatic carbocycles. The molecule has 0 saturated carbocycles. The lowest BCUT2D eigenvalue weighted by atomic mass is 9.79. The summed E-state index contributed by atoms with van der Waals surface area (Å²) >= 11 is 0. The summed E-state index contributed by atoms with van der Waals surface area (Å²) in [5.41, 5.74) is 3.51. The van der Waals surface area contributed by atoms with Crippen LogP contribution in [0.5, 0.6) is 5.75 Å². The number of allylic oxidation sites excluding steroid dienone is 1. The van der Waals surface area contributed by atoms with E-state index >= 15 is 0 Å². The number of aromatic carboxylic acids is 1. The van der Waals surface area contributed by atoms with Gasteiger partial charge >= 0.3 is 5.97 Å². The third-order valence-electron chi connectivity index (χ3n) is 6.83. The Labute approximate surface area is 210 Å². The van der Waals surface area contributed by atoms with Crippen molar-refractivity contribution in [1.82, 2.24) is 0 Å². The summed E-state index contributed by atoms with van der Waals surface area (Å²) in [5.74, 6) is -0.207. The second-order valence-electron chi connectivity index (χ2n) is 10.2. The van der Waals surface area contributed by atoms with Crippen molar-refractivity contribution in [3.8, 4) is 5.75 Å². The summed E-state index contributed by atoms with van der Waals surface area (Å²) in [4.78, 5) is 11.6. The highest BCUT2D eigenvalue weighted by atomic mass is 32.2. The van der Waals surface area contributed by atoms with Gasteiger partial charge < -0.3 is 9.84 Å². The molecular weight excluding hydrogens is 460 g/mol. The van der Waals surface area contributed by atoms with Crippen molar-refractivity contribution in [3.05, 3.63) is 58.7 Å². The molecule has 1 aliphatic heterocycles. The van der Waals surface area contributed by atoms with E-state index in [-0.39, 0.29) is 16.7 Å². The van der Waals surface area contributed by atoms with Crippen LogP contribution >= 0.6 is 0 Å². The third-order valence-corrected chi connectivity index (χ3v) is 8.67. The maximum absolute atomic E-state index is 13.1. The highest BCUT2D eigenvalue weighted by Gasteiger charge is 2.34. The van der Waals surface area contributed by atoms with E-state index in [1.54, 1.807) is 30.3 Å². The lowest BCUT2D eigenvalue weighted by molar-refractivity contribution is 0.0697. The molecule has 0 radical (unpaired) electrons. The van der Waals surface area contributed by atoms with Gasteiger partial charge in [0.2, 0.25) is 0 Å². The fourth-order valence-corrected chi connectivity index (χ4v) is 6.36. The molecule has 0 amide bonds. The first-order valence-corrected chi connectivity index (χ1v) is 14.3. The van der Waals surface area contributed by atoms with Gasteiger partial charge in [-0.15, -0.1) is 0 Å². The largest absolute Gasteiger partial charge is 0.493 e. The molecule has 190 valence electrons. The summed E-state index contributed by atoms with van der Waals surface area (Å²) in [6.07, 6.45) is 9.00. The number of fused-ring (bicyclic) bond motifs is 1. The van der Waals surface area contributed by atoms with Crippen molar-refractivity contribution in [2.24, 2.45) is 0 Å². The molecule has 1 N–H and O–H groups in total. The molecule has 3 rings (SSSR count). The van der Waals surface area contributed by atoms with E-state index in [1.807, 2.05) is 19.1 Å². The van der Waals surface area contributed by atoms with E-state index < -0.39 is 15.8 Å². The van der Waals surface area contributed by atoms with Crippen LogP contribution in [0.4, 0.5) is 0 Å². The maximum atomic E-state index is 13.1. The van der Waals surface area contributed by atoms with Crippen molar-refractivity contribution in [1.29, 1.82) is 0 Å². The van der Waals surface area contributed by atoms with Gasteiger partial charge in [-0.25, -0.2) is 13.2 Å². The minimum Gasteiger partial charge on any atom is -0.493 e. The zero-order chi connectivity index (χ0) is 25.6. The average molecular weight is 499 g/mol. The average Bonchev–Trinajstić information content (AvgIpc) is 2.89. The maximum Gasteiger partial charge on any atom is 0.335 e. The zero-order valence-corrected chi connectivity index (χ0v) is 22.2. The van der Waals surface area contributed by atoms with Gasteiger partial charge in [0.1, 0.15) is 5.75 Å². The summed E-state index contributed by atoms with van der Waals surface area (Å²) in [7, 11) is -3.38. The van der Waals surface area contributed by atoms with Gasteiger partial charge in [-0.3, -0.25) is 0 Å². The van der Waals surface area contributed by atoms with Gasteiger partial charge in [-0.1, -0.05) is 64.7 Å². The number of hydrogen-bond donors (Lipinski definition) is 1. The molecular formula is C29H38O5S. The number of ether oxygens (including phenoxy) is 1. The van der Waals surface area contributed by atoms with E-state index in [0.29, 0.717) is 23.7 Å². The van der Waals surface area contributed by atoms with Gasteiger partial charge in [0, 0.05) is 5.56 Å². The van der Waals surface area contributed by atoms with Crippen molar-refractivity contribution < 1.29 is 23.1 Å². The highest BCUT2D eigenvalue weighted by Crippen LogP contribution is 2.42. The fourth-order valence-electron chi connectivity index (χ4n) is 4.66. The number of benzene rings is 2. The van der Waals surface area contributed by atoms with Crippen LogP contribution < -0.4 is 4.74 Å². The van der Waals surface area contributed by atoms with Crippen LogP contribution in [0.1, 0.15) is 99.7 Å². The lowest BCUT2D eigenvalue weighted by Crippen LogP contribution is -2.18. The summed E-state index contributed by atoms with van der Waals surface area (Å²) in [6, 6.07) is 10.5. The standard InChI is InChI=1S/C29H38O5S/c1-5-6-7-8-9-16-34-26-20-27-25(29(3,4)15-10-17-35(27,32)33)19-24(26)21(2)18-22-11-13-23(14-12-22)28(30)31/h11-14,18-20H,5-10,15-17H2,1-4H3,(H,30,31)/b21-18+. The van der Waals surface area contributed by atoms with E-state index in [2.05, 4.69) is 20.8 Å². The highest BCUT2D eigenvalue weighted by molar-refractivity contribution is 7.91. The van der Waals surface area contributed by atoms with Gasteiger partial charge in [-0.2, -0.15) is 0 Å². The topological polar surface area (TPSA) is 80.7 Å². The van der Waals surface area contributed by atoms with E-state index in [9.17, 15) is 13.2 Å². The Bertz CT molecular complexity index is 1170. The predicted octanol–water partition coefficient (Wildman–Crippen LogP) is 7.14. The van der Waals surface area contributed by atoms with Crippen molar-refractivity contribution >= 4 is 27.5 Å². The SMILES string of the molecule is CCCCCCCOc1cc2c(cc1/C(C)=C/c1ccc(C(=O)O)cc1)C(C)(C)CCCS2(=O)=O. The first kappa shape index (κ1) is 27.0. The molecule has 1 heterocycles. The number of carboxylic acids is 1. The van der Waals surface area contributed by atoms with Crippen molar-refractivity contribution in [3.63, 3.8) is 0 Å². The van der Waals surface area contributed by atoms with E-state index in [1.165, 1.54) is 19.3 Å². The minimum atomic E-state index is -3.38. The summed E-state index contributed by atoms with van der Waals surface area (Å²) in [5, 5.41) is 9.17. The molecule has 2 aromatic rings. The molecule has 5 nitrogen and oxygen atoms in total. The van der Waals surface area contributed by atoms with Crippen LogP contribution in [0.15, 0.2) is 41.3 Å². The quantitative estimate of drug-likeness (QED) is 0.278. The van der Waals surface area contributed by atoms with Crippen LogP contribution in [0, 0.1) is 0 Å². The third kappa shape index (κ3) is 6.75. The van der Waals surface area contributed by atoms with Gasteiger partial charge in [0.05, 0.1) is 22.8 Å². The zero-order valence-electron chi connectivity index (χ0n) is 21.4. The number of hydrogen-bond acceptors (Lipinski definition) is 4. The van der Waals surface area contributed by atoms with Crippen molar-refractivity contribution in [2.45, 2.75) is 83.0 Å². The van der Waals surface area contributed by atoms with Crippen LogP contribution in [0.2, 0.25) is 0 Å². The number of rotatable bonds is 10. The van der Waals surface area contributed by atoms with Crippen LogP contribution in [-0.4, -0.2) is 31.9 Å². The molecule has 0 bridgehead atoms. The molecule has 0 unspecified atom stereocenters. The molecule has 6 heteroatoms. The Kier molecular flexibility index (Phi) is 8.81. The monoisotopic (exact) mass is 498 g/mol. The smallest absolute Gasteiger partial charge is 0.335 e. The van der Waals surface area contributed by atoms with Gasteiger partial charge in [0.25, 0.3) is 0 Å². The number of unbranched alkanes of at least 4 members (excludes halogenated alkanes) is 4. The minimum absolute atomic E-state index is 0.157. The van der Waals surface area contributed by atoms with Crippen molar-refractivity contribution in [2.75, 3.05) is 12.4 Å². The number of carboxylic acid groups (broad SMARTS) is 1. The Morgan fingerprint density at radius 2 is 1.77 bits per heavy atom. The molecule has 0 atom stereocenters. The Morgan fingerprint density at radius 1 is 1.09 bits per heavy atom. The first-order valence-electron chi connectivity index (χ1n) is 12.6. The molecule has 0 saturated heterocycles. The molecule has 0 spiro atoms. The lowest BCUT2D eigenvalue weighted by Gasteiger charge is -2.26. The second-order valence-corrected chi connectivity index (χ2v) is 12.2. The summed E-state index contributed by atoms with van der Waals surface area (Å²) < 4.78 is 32.5. The first-order chi connectivity index (χ1) is 16.5. The molecule has 0 aromatic heterocycles. The molecule has 0 fully saturated rings. The van der Waals surface area contributed by atoms with Gasteiger partial charge in [0.15, 0.2) is 9.84 Å². The molecule has 2 aromatic carbocycles. The Hall–Kier alpha value is -2.60. The fraction of sp³-hybridized carbons (Fsp3) is 0.483. The predicted molar refractivity (Wildman–Crippen MR) is 142 cm³/mol. The Morgan fingerprint density at radius 3 is 2.43 bits per heavy atom. The Balaban J connectivity index is 2.03. The summed E-state index contributed by atoms with van der Waals surface area (Å²) in [6.45, 7) is 8.92. The van der Waals surface area contributed by atoms with Crippen LogP contribution in [0.25, 0.3) is 11.6 Å². The van der Waals surface area contributed by atoms with E-state index in [0.717, 1.165) is 41.5 Å². The van der Waals surface area contributed by atoms with E-state index in [4.69, 9.17) is 9.84 Å². The number of carbonyl (C=O) groups is 1. The van der Waals surface area contributed by atoms with Gasteiger partial charge in [-0.05, 0) is 72.6 Å². The number of sulfone groups is 1. The molecule has 1 aliphatic rings. The second kappa shape index (κ2) is 11.4. The van der Waals surface area contributed by atoms with Crippen LogP contribution in [-0.2, 0) is 15.3 Å². The van der Waals surface area contributed by atoms with Crippen LogP contribution in [0.3, 0.4) is 0 Å².